The van der Waals surface area contributed by atoms with E-state index in [1.807, 2.05) is 25.1 Å². The molecule has 8 nitrogen and oxygen atoms in total. The average molecular weight is 471 g/mol. The number of rotatable bonds is 3. The van der Waals surface area contributed by atoms with Crippen LogP contribution in [0.3, 0.4) is 0 Å². The minimum Gasteiger partial charge on any atom is -0.337 e. The smallest absolute Gasteiger partial charge is 0.330 e. The van der Waals surface area contributed by atoms with Crippen molar-refractivity contribution in [2.45, 2.75) is 34.2 Å². The van der Waals surface area contributed by atoms with Crippen LogP contribution in [0, 0.1) is 12.3 Å². The minimum atomic E-state index is -3.06. The van der Waals surface area contributed by atoms with Crippen molar-refractivity contribution in [1.29, 1.82) is 0 Å². The van der Waals surface area contributed by atoms with E-state index >= 15 is 0 Å². The highest BCUT2D eigenvalue weighted by Crippen LogP contribution is 2.27. The van der Waals surface area contributed by atoms with Crippen LogP contribution < -0.4 is 5.69 Å². The number of fused-ring (bicyclic) bond motifs is 1. The summed E-state index contributed by atoms with van der Waals surface area (Å²) in [6.07, 6.45) is 0. The molecule has 1 aromatic carbocycles. The molecule has 0 unspecified atom stereocenters. The van der Waals surface area contributed by atoms with Crippen LogP contribution in [0.5, 0.6) is 0 Å². The Bertz CT molecular complexity index is 1400. The monoisotopic (exact) mass is 470 g/mol. The summed E-state index contributed by atoms with van der Waals surface area (Å²) in [4.78, 5) is 32.2. The van der Waals surface area contributed by atoms with Gasteiger partial charge in [-0.15, -0.1) is 0 Å². The van der Waals surface area contributed by atoms with Gasteiger partial charge in [-0.2, -0.15) is 0 Å². The second kappa shape index (κ2) is 8.13. The van der Waals surface area contributed by atoms with Gasteiger partial charge < -0.3 is 4.90 Å². The van der Waals surface area contributed by atoms with Crippen LogP contribution in [0.1, 0.15) is 36.7 Å². The maximum Gasteiger partial charge on any atom is 0.330 e. The minimum absolute atomic E-state index is 0.00470. The van der Waals surface area contributed by atoms with Gasteiger partial charge in [0.1, 0.15) is 0 Å². The fraction of sp³-hybridized carbons (Fsp3) is 0.458. The first-order valence-electron chi connectivity index (χ1n) is 11.0. The van der Waals surface area contributed by atoms with Gasteiger partial charge in [0.05, 0.1) is 22.7 Å². The Kier molecular flexibility index (Phi) is 5.72. The van der Waals surface area contributed by atoms with Crippen molar-refractivity contribution in [1.82, 2.24) is 19.0 Å². The van der Waals surface area contributed by atoms with Crippen LogP contribution in [0.25, 0.3) is 22.4 Å². The number of sulfone groups is 1. The molecule has 0 N–H and O–H groups in total. The van der Waals surface area contributed by atoms with Crippen LogP contribution in [0.2, 0.25) is 0 Å². The molecule has 2 aromatic heterocycles. The number of benzene rings is 1. The zero-order valence-electron chi connectivity index (χ0n) is 19.8. The zero-order valence-corrected chi connectivity index (χ0v) is 20.6. The van der Waals surface area contributed by atoms with Gasteiger partial charge in [-0.05, 0) is 42.2 Å². The number of carbonyl (C=O) groups is 1. The summed E-state index contributed by atoms with van der Waals surface area (Å²) >= 11 is 0. The fourth-order valence-corrected chi connectivity index (χ4v) is 5.38. The number of carbonyl (C=O) groups excluding carboxylic acids is 1. The Morgan fingerprint density at radius 1 is 1.09 bits per heavy atom. The molecule has 3 aromatic rings. The number of nitrogens with zero attached hydrogens (tertiary/aromatic N) is 4. The highest BCUT2D eigenvalue weighted by Gasteiger charge is 2.26. The third kappa shape index (κ3) is 4.59. The van der Waals surface area contributed by atoms with E-state index in [9.17, 15) is 18.0 Å². The van der Waals surface area contributed by atoms with Crippen LogP contribution in [0.4, 0.5) is 0 Å². The number of hydrogen-bond acceptors (Lipinski definition) is 5. The first-order chi connectivity index (χ1) is 15.4. The highest BCUT2D eigenvalue weighted by atomic mass is 32.2. The zero-order chi connectivity index (χ0) is 24.1. The van der Waals surface area contributed by atoms with Crippen LogP contribution in [-0.2, 0) is 23.4 Å². The van der Waals surface area contributed by atoms with E-state index in [0.29, 0.717) is 23.4 Å². The third-order valence-corrected chi connectivity index (χ3v) is 7.61. The van der Waals surface area contributed by atoms with Crippen LogP contribution in [-0.4, -0.2) is 57.9 Å². The van der Waals surface area contributed by atoms with E-state index in [4.69, 9.17) is 4.98 Å². The Hall–Kier alpha value is -2.94. The highest BCUT2D eigenvalue weighted by molar-refractivity contribution is 7.91. The SMILES string of the molecule is Cc1ccc(C(=O)N2CCS(=O)(=O)CC2)cc1-c1ccc2c(n1)n(C)c(=O)n2CC(C)(C)C. The van der Waals surface area contributed by atoms with Crippen molar-refractivity contribution in [2.24, 2.45) is 12.5 Å². The largest absolute Gasteiger partial charge is 0.337 e. The van der Waals surface area contributed by atoms with E-state index in [2.05, 4.69) is 20.8 Å². The van der Waals surface area contributed by atoms with Gasteiger partial charge in [-0.3, -0.25) is 13.9 Å². The number of aromatic nitrogens is 3. The molecule has 0 bridgehead atoms. The van der Waals surface area contributed by atoms with E-state index < -0.39 is 9.84 Å². The lowest BCUT2D eigenvalue weighted by Crippen LogP contribution is -2.43. The molecule has 0 radical (unpaired) electrons. The molecular formula is C24H30N4O4S. The van der Waals surface area contributed by atoms with Crippen LogP contribution in [0.15, 0.2) is 35.1 Å². The number of amides is 1. The average Bonchev–Trinajstić information content (AvgIpc) is 2.97. The molecule has 1 aliphatic rings. The maximum atomic E-state index is 13.0. The molecule has 1 fully saturated rings. The lowest BCUT2D eigenvalue weighted by molar-refractivity contribution is 0.0770. The van der Waals surface area contributed by atoms with Crippen molar-refractivity contribution in [3.63, 3.8) is 0 Å². The van der Waals surface area contributed by atoms with Crippen LogP contribution >= 0.6 is 0 Å². The Labute approximate surface area is 193 Å². The molecule has 1 aliphatic heterocycles. The first-order valence-corrected chi connectivity index (χ1v) is 12.9. The number of imidazole rings is 1. The molecule has 176 valence electrons. The van der Waals surface area contributed by atoms with Crippen molar-refractivity contribution in [3.05, 3.63) is 51.9 Å². The lowest BCUT2D eigenvalue weighted by atomic mass is 9.97. The molecule has 0 atom stereocenters. The third-order valence-electron chi connectivity index (χ3n) is 6.01. The fourth-order valence-electron chi connectivity index (χ4n) is 4.18. The summed E-state index contributed by atoms with van der Waals surface area (Å²) in [7, 11) is -1.34. The summed E-state index contributed by atoms with van der Waals surface area (Å²) < 4.78 is 26.7. The van der Waals surface area contributed by atoms with E-state index in [1.165, 1.54) is 0 Å². The first kappa shape index (κ1) is 23.2. The number of pyridine rings is 1. The molecule has 1 amide bonds. The van der Waals surface area contributed by atoms with E-state index in [-0.39, 0.29) is 41.6 Å². The molecular weight excluding hydrogens is 440 g/mol. The van der Waals surface area contributed by atoms with Gasteiger partial charge in [0, 0.05) is 37.8 Å². The predicted molar refractivity (Wildman–Crippen MR) is 129 cm³/mol. The second-order valence-electron chi connectivity index (χ2n) is 10.0. The Morgan fingerprint density at radius 3 is 2.39 bits per heavy atom. The quantitative estimate of drug-likeness (QED) is 0.587. The summed E-state index contributed by atoms with van der Waals surface area (Å²) in [5.41, 5.74) is 4.15. The molecule has 33 heavy (non-hydrogen) atoms. The van der Waals surface area contributed by atoms with Gasteiger partial charge in [0.2, 0.25) is 0 Å². The molecule has 0 saturated carbocycles. The standard InChI is InChI=1S/C24H30N4O4S/c1-16-6-7-17(22(29)27-10-12-33(31,32)13-11-27)14-18(16)19-8-9-20-21(25-19)26(5)23(30)28(20)15-24(2,3)4/h6-9,14H,10-13,15H2,1-5H3. The Morgan fingerprint density at radius 2 is 1.76 bits per heavy atom. The van der Waals surface area contributed by atoms with Crippen molar-refractivity contribution in [3.8, 4) is 11.3 Å². The normalized spacial score (nSPS) is 16.3. The van der Waals surface area contributed by atoms with Gasteiger partial charge in [-0.1, -0.05) is 26.8 Å². The van der Waals surface area contributed by atoms with Crippen molar-refractivity contribution < 1.29 is 13.2 Å². The molecule has 9 heteroatoms. The van der Waals surface area contributed by atoms with Gasteiger partial charge >= 0.3 is 5.69 Å². The summed E-state index contributed by atoms with van der Waals surface area (Å²) in [5, 5.41) is 0. The van der Waals surface area contributed by atoms with Crippen molar-refractivity contribution >= 4 is 26.9 Å². The van der Waals surface area contributed by atoms with E-state index in [1.54, 1.807) is 33.2 Å². The molecule has 4 rings (SSSR count). The molecule has 3 heterocycles. The number of aryl methyl sites for hydroxylation is 2. The summed E-state index contributed by atoms with van der Waals surface area (Å²) in [6.45, 7) is 9.21. The summed E-state index contributed by atoms with van der Waals surface area (Å²) in [6, 6.07) is 9.23. The summed E-state index contributed by atoms with van der Waals surface area (Å²) in [5.74, 6) is -0.194. The lowest BCUT2D eigenvalue weighted by Gasteiger charge is -2.27. The Balaban J connectivity index is 1.72. The molecule has 0 spiro atoms. The maximum absolute atomic E-state index is 13.0. The van der Waals surface area contributed by atoms with Gasteiger partial charge in [-0.25, -0.2) is 18.2 Å². The van der Waals surface area contributed by atoms with E-state index in [0.717, 1.165) is 16.6 Å². The topological polar surface area (TPSA) is 94.3 Å². The second-order valence-corrected chi connectivity index (χ2v) is 12.3. The van der Waals surface area contributed by atoms with Gasteiger partial charge in [0.25, 0.3) is 5.91 Å². The number of hydrogen-bond donors (Lipinski definition) is 0. The molecule has 0 aliphatic carbocycles. The van der Waals surface area contributed by atoms with Crippen molar-refractivity contribution in [2.75, 3.05) is 24.6 Å². The predicted octanol–water partition coefficient (Wildman–Crippen LogP) is 2.63. The molecule has 1 saturated heterocycles. The van der Waals surface area contributed by atoms with Gasteiger partial charge in [0.15, 0.2) is 15.5 Å².